The first-order valence-corrected chi connectivity index (χ1v) is 14.9. The molecular weight excluding hydrogens is 566 g/mol. The molecule has 0 bridgehead atoms. The molecule has 11 heteroatoms. The molecule has 0 aliphatic heterocycles. The Hall–Kier alpha value is -3.76. The summed E-state index contributed by atoms with van der Waals surface area (Å²) < 4.78 is 40.0. The van der Waals surface area contributed by atoms with E-state index in [1.54, 1.807) is 50.2 Å². The predicted octanol–water partition coefficient (Wildman–Crippen LogP) is 4.72. The summed E-state index contributed by atoms with van der Waals surface area (Å²) in [5.41, 5.74) is 2.67. The number of aryl methyl sites for hydroxylation is 2. The Labute approximate surface area is 247 Å². The van der Waals surface area contributed by atoms with Crippen molar-refractivity contribution in [2.75, 3.05) is 31.6 Å². The highest BCUT2D eigenvalue weighted by Gasteiger charge is 2.33. The third-order valence-electron chi connectivity index (χ3n) is 6.48. The number of benzene rings is 3. The van der Waals surface area contributed by atoms with Crippen molar-refractivity contribution in [1.82, 2.24) is 10.2 Å². The van der Waals surface area contributed by atoms with Crippen LogP contribution in [0.15, 0.2) is 65.6 Å². The zero-order valence-corrected chi connectivity index (χ0v) is 25.7. The molecule has 1 unspecified atom stereocenters. The fraction of sp³-hybridized carbons (Fsp3) is 0.333. The third kappa shape index (κ3) is 7.71. The SMILES string of the molecule is CCNC(=O)C(C)N(Cc1cccc(Cl)c1)C(=O)CN(c1cc(C)cc(C)c1)S(=O)(=O)c1ccc(OC)c(OC)c1. The molecule has 220 valence electrons. The molecule has 3 aromatic rings. The summed E-state index contributed by atoms with van der Waals surface area (Å²) >= 11 is 6.18. The van der Waals surface area contributed by atoms with Gasteiger partial charge in [0.05, 0.1) is 24.8 Å². The number of hydrogen-bond acceptors (Lipinski definition) is 6. The van der Waals surface area contributed by atoms with E-state index in [1.807, 2.05) is 19.9 Å². The minimum absolute atomic E-state index is 0.0504. The highest BCUT2D eigenvalue weighted by molar-refractivity contribution is 7.92. The van der Waals surface area contributed by atoms with E-state index in [9.17, 15) is 18.0 Å². The van der Waals surface area contributed by atoms with Crippen LogP contribution in [0.5, 0.6) is 11.5 Å². The van der Waals surface area contributed by atoms with Crippen molar-refractivity contribution in [3.05, 3.63) is 82.4 Å². The maximum Gasteiger partial charge on any atom is 0.264 e. The molecule has 0 aliphatic rings. The minimum Gasteiger partial charge on any atom is -0.493 e. The van der Waals surface area contributed by atoms with Crippen LogP contribution in [-0.4, -0.2) is 58.5 Å². The third-order valence-corrected chi connectivity index (χ3v) is 8.48. The van der Waals surface area contributed by atoms with Crippen molar-refractivity contribution in [2.45, 2.75) is 45.2 Å². The first kappa shape index (κ1) is 31.8. The number of amides is 2. The number of anilines is 1. The van der Waals surface area contributed by atoms with Gasteiger partial charge in [-0.3, -0.25) is 13.9 Å². The molecule has 0 spiro atoms. The van der Waals surface area contributed by atoms with Gasteiger partial charge in [-0.15, -0.1) is 0 Å². The smallest absolute Gasteiger partial charge is 0.264 e. The van der Waals surface area contributed by atoms with Gasteiger partial charge in [0.2, 0.25) is 11.8 Å². The van der Waals surface area contributed by atoms with Gasteiger partial charge < -0.3 is 19.7 Å². The first-order valence-electron chi connectivity index (χ1n) is 13.1. The quantitative estimate of drug-likeness (QED) is 0.322. The van der Waals surface area contributed by atoms with Crippen LogP contribution in [-0.2, 0) is 26.2 Å². The summed E-state index contributed by atoms with van der Waals surface area (Å²) in [6.07, 6.45) is 0. The molecule has 0 saturated carbocycles. The topological polar surface area (TPSA) is 105 Å². The van der Waals surface area contributed by atoms with Gasteiger partial charge in [-0.25, -0.2) is 8.42 Å². The monoisotopic (exact) mass is 601 g/mol. The number of carbonyl (C=O) groups is 2. The van der Waals surface area contributed by atoms with Crippen molar-refractivity contribution in [3.63, 3.8) is 0 Å². The van der Waals surface area contributed by atoms with E-state index in [0.29, 0.717) is 28.6 Å². The van der Waals surface area contributed by atoms with Gasteiger partial charge in [-0.05, 0) is 80.8 Å². The first-order chi connectivity index (χ1) is 19.4. The highest BCUT2D eigenvalue weighted by atomic mass is 35.5. The number of nitrogens with zero attached hydrogens (tertiary/aromatic N) is 2. The van der Waals surface area contributed by atoms with E-state index in [1.165, 1.54) is 37.3 Å². The van der Waals surface area contributed by atoms with Crippen molar-refractivity contribution >= 4 is 39.1 Å². The van der Waals surface area contributed by atoms with Crippen LogP contribution < -0.4 is 19.1 Å². The van der Waals surface area contributed by atoms with Crippen molar-refractivity contribution in [1.29, 1.82) is 0 Å². The van der Waals surface area contributed by atoms with Crippen LogP contribution in [0.3, 0.4) is 0 Å². The van der Waals surface area contributed by atoms with Gasteiger partial charge >= 0.3 is 0 Å². The van der Waals surface area contributed by atoms with Crippen LogP contribution in [0.25, 0.3) is 0 Å². The average Bonchev–Trinajstić information content (AvgIpc) is 2.93. The van der Waals surface area contributed by atoms with Crippen LogP contribution >= 0.6 is 11.6 Å². The fourth-order valence-corrected chi connectivity index (χ4v) is 6.09. The number of nitrogens with one attached hydrogen (secondary N) is 1. The predicted molar refractivity (Wildman–Crippen MR) is 160 cm³/mol. The van der Waals surface area contributed by atoms with Crippen LogP contribution in [0.2, 0.25) is 5.02 Å². The van der Waals surface area contributed by atoms with Crippen molar-refractivity contribution < 1.29 is 27.5 Å². The van der Waals surface area contributed by atoms with E-state index < -0.39 is 28.5 Å². The lowest BCUT2D eigenvalue weighted by Gasteiger charge is -2.32. The summed E-state index contributed by atoms with van der Waals surface area (Å²) in [5, 5.41) is 3.22. The van der Waals surface area contributed by atoms with E-state index in [-0.39, 0.29) is 23.1 Å². The Morgan fingerprint density at radius 3 is 2.20 bits per heavy atom. The van der Waals surface area contributed by atoms with Gasteiger partial charge in [-0.2, -0.15) is 0 Å². The number of sulfonamides is 1. The second-order valence-electron chi connectivity index (χ2n) is 9.60. The molecule has 41 heavy (non-hydrogen) atoms. The number of likely N-dealkylation sites (N-methyl/N-ethyl adjacent to an activating group) is 1. The normalized spacial score (nSPS) is 11.9. The number of methoxy groups -OCH3 is 2. The molecule has 0 radical (unpaired) electrons. The Morgan fingerprint density at radius 1 is 0.951 bits per heavy atom. The lowest BCUT2D eigenvalue weighted by Crippen LogP contribution is -2.51. The van der Waals surface area contributed by atoms with E-state index >= 15 is 0 Å². The summed E-state index contributed by atoms with van der Waals surface area (Å²) in [4.78, 5) is 28.1. The molecule has 2 amide bonds. The average molecular weight is 602 g/mol. The summed E-state index contributed by atoms with van der Waals surface area (Å²) in [7, 11) is -1.41. The summed E-state index contributed by atoms with van der Waals surface area (Å²) in [5.74, 6) is -0.327. The number of carbonyl (C=O) groups excluding carboxylic acids is 2. The maximum atomic E-state index is 14.2. The van der Waals surface area contributed by atoms with Gasteiger partial charge in [0.25, 0.3) is 10.0 Å². The molecule has 3 rings (SSSR count). The Morgan fingerprint density at radius 2 is 1.61 bits per heavy atom. The van der Waals surface area contributed by atoms with Crippen LogP contribution in [0.1, 0.15) is 30.5 Å². The molecule has 3 aromatic carbocycles. The molecule has 1 atom stereocenters. The van der Waals surface area contributed by atoms with Crippen LogP contribution in [0.4, 0.5) is 5.69 Å². The number of halogens is 1. The molecule has 0 aromatic heterocycles. The van der Waals surface area contributed by atoms with Gasteiger partial charge in [0.15, 0.2) is 11.5 Å². The highest BCUT2D eigenvalue weighted by Crippen LogP contribution is 2.33. The fourth-order valence-electron chi connectivity index (χ4n) is 4.46. The minimum atomic E-state index is -4.28. The zero-order valence-electron chi connectivity index (χ0n) is 24.1. The molecular formula is C30H36ClN3O6S. The largest absolute Gasteiger partial charge is 0.493 e. The lowest BCUT2D eigenvalue weighted by molar-refractivity contribution is -0.139. The maximum absolute atomic E-state index is 14.2. The van der Waals surface area contributed by atoms with Gasteiger partial charge in [0.1, 0.15) is 12.6 Å². The zero-order chi connectivity index (χ0) is 30.3. The Kier molecular flexibility index (Phi) is 10.6. The molecule has 1 N–H and O–H groups in total. The summed E-state index contributed by atoms with van der Waals surface area (Å²) in [6, 6.07) is 15.6. The molecule has 0 aliphatic carbocycles. The van der Waals surface area contributed by atoms with Crippen molar-refractivity contribution in [3.8, 4) is 11.5 Å². The van der Waals surface area contributed by atoms with Gasteiger partial charge in [-0.1, -0.05) is 29.8 Å². The molecule has 0 fully saturated rings. The van der Waals surface area contributed by atoms with E-state index in [0.717, 1.165) is 15.4 Å². The Balaban J connectivity index is 2.11. The number of ether oxygens (including phenoxy) is 2. The van der Waals surface area contributed by atoms with Gasteiger partial charge in [0, 0.05) is 24.2 Å². The lowest BCUT2D eigenvalue weighted by atomic mass is 10.1. The van der Waals surface area contributed by atoms with Crippen molar-refractivity contribution in [2.24, 2.45) is 0 Å². The van der Waals surface area contributed by atoms with Crippen LogP contribution in [0, 0.1) is 13.8 Å². The second-order valence-corrected chi connectivity index (χ2v) is 11.9. The standard InChI is InChI=1S/C30H36ClN3O6S/c1-7-32-30(36)22(4)33(18-23-9-8-10-24(31)16-23)29(35)19-34(25-14-20(2)13-21(3)15-25)41(37,38)26-11-12-27(39-5)28(17-26)40-6/h8-17,22H,7,18-19H2,1-6H3,(H,32,36). The Bertz CT molecular complexity index is 1490. The molecule has 0 heterocycles. The van der Waals surface area contributed by atoms with E-state index in [2.05, 4.69) is 5.32 Å². The second kappa shape index (κ2) is 13.7. The number of hydrogen-bond donors (Lipinski definition) is 1. The van der Waals surface area contributed by atoms with E-state index in [4.69, 9.17) is 21.1 Å². The molecule has 9 nitrogen and oxygen atoms in total. The summed E-state index contributed by atoms with van der Waals surface area (Å²) in [6.45, 7) is 6.97. The number of rotatable bonds is 12. The molecule has 0 saturated heterocycles.